The number of rotatable bonds is 0. The van der Waals surface area contributed by atoms with Gasteiger partial charge in [0.2, 0.25) is 10.3 Å². The van der Waals surface area contributed by atoms with E-state index in [2.05, 4.69) is 5.32 Å². The predicted molar refractivity (Wildman–Crippen MR) is 65.8 cm³/mol. The predicted octanol–water partition coefficient (Wildman–Crippen LogP) is 1.82. The van der Waals surface area contributed by atoms with Gasteiger partial charge in [0, 0.05) is 18.8 Å². The highest BCUT2D eigenvalue weighted by molar-refractivity contribution is 8.24. The Hall–Kier alpha value is -1.20. The zero-order chi connectivity index (χ0) is 10.9. The number of hydrogen-bond donors (Lipinski definition) is 1. The molecule has 2 heterocycles. The van der Waals surface area contributed by atoms with Crippen molar-refractivity contribution < 1.29 is 8.42 Å². The normalized spacial score (nSPS) is 16.7. The van der Waals surface area contributed by atoms with Crippen LogP contribution in [0.1, 0.15) is 6.42 Å². The summed E-state index contributed by atoms with van der Waals surface area (Å²) in [5, 5.41) is 4.71. The van der Waals surface area contributed by atoms with Crippen LogP contribution in [0.4, 0.5) is 0 Å². The average Bonchev–Trinajstić information content (AvgIpc) is 2.60. The highest BCUT2D eigenvalue weighted by Crippen LogP contribution is 2.15. The number of hydrogen-bond acceptors (Lipinski definition) is 4. The molecule has 0 amide bonds. The second-order valence-corrected chi connectivity index (χ2v) is 4.79. The molecule has 0 aromatic rings. The summed E-state index contributed by atoms with van der Waals surface area (Å²) in [4.78, 5) is 0. The molecular formula is C10H11NO2S2. The fourth-order valence-corrected chi connectivity index (χ4v) is 2.08. The van der Waals surface area contributed by atoms with Crippen LogP contribution in [-0.4, -0.2) is 12.6 Å². The first-order valence-corrected chi connectivity index (χ1v) is 6.27. The lowest BCUT2D eigenvalue weighted by molar-refractivity contribution is 0.627. The van der Waals surface area contributed by atoms with Crippen LogP contribution in [0, 0.1) is 0 Å². The van der Waals surface area contributed by atoms with Gasteiger partial charge in [-0.05, 0) is 17.6 Å². The van der Waals surface area contributed by atoms with Crippen molar-refractivity contribution in [1.29, 1.82) is 0 Å². The molecular weight excluding hydrogens is 230 g/mol. The summed E-state index contributed by atoms with van der Waals surface area (Å²) in [6.45, 7) is 0. The van der Waals surface area contributed by atoms with Gasteiger partial charge in [-0.2, -0.15) is 8.42 Å². The quantitative estimate of drug-likeness (QED) is 0.657. The first-order chi connectivity index (χ1) is 7.30. The van der Waals surface area contributed by atoms with Crippen LogP contribution in [0.15, 0.2) is 48.2 Å². The van der Waals surface area contributed by atoms with Crippen LogP contribution < -0.4 is 5.32 Å². The van der Waals surface area contributed by atoms with E-state index in [4.69, 9.17) is 0 Å². The summed E-state index contributed by atoms with van der Waals surface area (Å²) in [5.41, 5.74) is 0. The minimum atomic E-state index is -1.97. The van der Waals surface area contributed by atoms with Gasteiger partial charge in [-0.3, -0.25) is 0 Å². The summed E-state index contributed by atoms with van der Waals surface area (Å²) in [6, 6.07) is 0. The lowest BCUT2D eigenvalue weighted by Crippen LogP contribution is -1.87. The van der Waals surface area contributed by atoms with Crippen LogP contribution in [0.3, 0.4) is 0 Å². The molecule has 0 saturated heterocycles. The van der Waals surface area contributed by atoms with Gasteiger partial charge in [0.25, 0.3) is 0 Å². The molecule has 2 rings (SSSR count). The maximum atomic E-state index is 10.1. The van der Waals surface area contributed by atoms with Crippen LogP contribution in [0.25, 0.3) is 0 Å². The molecule has 15 heavy (non-hydrogen) atoms. The second-order valence-electron chi connectivity index (χ2n) is 2.57. The fraction of sp³-hybridized carbons (Fsp3) is 0.100. The van der Waals surface area contributed by atoms with Crippen molar-refractivity contribution >= 4 is 26.3 Å². The van der Waals surface area contributed by atoms with E-state index in [1.807, 2.05) is 42.8 Å². The summed E-state index contributed by atoms with van der Waals surface area (Å²) < 4.78 is 20.7. The Morgan fingerprint density at radius 2 is 1.80 bits per heavy atom. The van der Waals surface area contributed by atoms with Crippen LogP contribution in [0.5, 0.6) is 0 Å². The van der Waals surface area contributed by atoms with Crippen molar-refractivity contribution in [3.63, 3.8) is 0 Å². The van der Waals surface area contributed by atoms with Crippen LogP contribution in [-0.2, 0) is 10.3 Å². The first kappa shape index (κ1) is 11.9. The van der Waals surface area contributed by atoms with Crippen molar-refractivity contribution in [2.45, 2.75) is 6.42 Å². The Morgan fingerprint density at radius 1 is 1.13 bits per heavy atom. The highest BCUT2D eigenvalue weighted by atomic mass is 32.2. The summed E-state index contributed by atoms with van der Waals surface area (Å²) in [7, 11) is -1.97. The molecule has 5 heteroatoms. The zero-order valence-corrected chi connectivity index (χ0v) is 9.59. The Morgan fingerprint density at radius 3 is 2.20 bits per heavy atom. The molecule has 0 aliphatic carbocycles. The number of allylic oxidation sites excluding steroid dienone is 5. The van der Waals surface area contributed by atoms with E-state index in [1.54, 1.807) is 5.41 Å². The molecule has 1 N–H and O–H groups in total. The Balaban J connectivity index is 0.000000151. The summed E-state index contributed by atoms with van der Waals surface area (Å²) >= 11 is 1.27. The topological polar surface area (TPSA) is 46.2 Å². The van der Waals surface area contributed by atoms with Crippen molar-refractivity contribution in [1.82, 2.24) is 5.32 Å². The molecule has 0 aromatic heterocycles. The van der Waals surface area contributed by atoms with E-state index in [0.717, 1.165) is 0 Å². The minimum Gasteiger partial charge on any atom is -0.368 e. The third-order valence-corrected chi connectivity index (χ3v) is 3.48. The van der Waals surface area contributed by atoms with Gasteiger partial charge in [0.1, 0.15) is 4.20 Å². The lowest BCUT2D eigenvalue weighted by atomic mass is 10.5. The molecule has 0 saturated carbocycles. The zero-order valence-electron chi connectivity index (χ0n) is 7.96. The largest absolute Gasteiger partial charge is 0.368 e. The van der Waals surface area contributed by atoms with Gasteiger partial charge in [0.15, 0.2) is 0 Å². The smallest absolute Gasteiger partial charge is 0.224 e. The molecule has 0 atom stereocenters. The van der Waals surface area contributed by atoms with Crippen molar-refractivity contribution in [3.8, 4) is 0 Å². The van der Waals surface area contributed by atoms with Crippen molar-refractivity contribution in [2.75, 3.05) is 0 Å². The third-order valence-electron chi connectivity index (χ3n) is 1.48. The lowest BCUT2D eigenvalue weighted by Gasteiger charge is -1.79. The third kappa shape index (κ3) is 5.29. The molecule has 0 fully saturated rings. The Bertz CT molecular complexity index is 410. The summed E-state index contributed by atoms with van der Waals surface area (Å²) in [5.74, 6) is 0. The minimum absolute atomic E-state index is 0.519. The molecule has 2 aliphatic heterocycles. The number of thioether (sulfide) groups is 1. The maximum Gasteiger partial charge on any atom is 0.224 e. The van der Waals surface area contributed by atoms with Crippen LogP contribution in [0.2, 0.25) is 0 Å². The van der Waals surface area contributed by atoms with Crippen LogP contribution >= 0.6 is 11.8 Å². The standard InChI is InChI=1S/C6H7N.C4H4O2S2/c1-2-4-6-7-5-3-1;5-8(6)4-2-1-3-7-4/h1-7H;1,3H,2H2. The Labute approximate surface area is 94.8 Å². The fourth-order valence-electron chi connectivity index (χ4n) is 0.830. The van der Waals surface area contributed by atoms with E-state index in [0.29, 0.717) is 10.6 Å². The van der Waals surface area contributed by atoms with Gasteiger partial charge in [-0.25, -0.2) is 0 Å². The van der Waals surface area contributed by atoms with Gasteiger partial charge >= 0.3 is 0 Å². The van der Waals surface area contributed by atoms with E-state index < -0.39 is 10.3 Å². The first-order valence-electron chi connectivity index (χ1n) is 4.32. The molecule has 0 bridgehead atoms. The molecule has 3 nitrogen and oxygen atoms in total. The van der Waals surface area contributed by atoms with Gasteiger partial charge in [-0.15, -0.1) is 0 Å². The van der Waals surface area contributed by atoms with Crippen molar-refractivity contribution in [3.05, 3.63) is 48.2 Å². The van der Waals surface area contributed by atoms with Gasteiger partial charge in [0.05, 0.1) is 0 Å². The molecule has 0 spiro atoms. The van der Waals surface area contributed by atoms with Crippen molar-refractivity contribution in [2.24, 2.45) is 0 Å². The van der Waals surface area contributed by atoms with E-state index in [9.17, 15) is 8.42 Å². The SMILES string of the molecule is C1=CC=CNC=C1.O=S(=O)=C1CC=CS1. The number of nitrogens with one attached hydrogen (secondary N) is 1. The Kier molecular flexibility index (Phi) is 5.65. The monoisotopic (exact) mass is 241 g/mol. The molecule has 0 aromatic carbocycles. The molecule has 2 aliphatic rings. The second kappa shape index (κ2) is 7.14. The highest BCUT2D eigenvalue weighted by Gasteiger charge is 2.02. The molecule has 0 unspecified atom stereocenters. The maximum absolute atomic E-state index is 10.1. The average molecular weight is 241 g/mol. The van der Waals surface area contributed by atoms with Gasteiger partial charge in [-0.1, -0.05) is 30.0 Å². The summed E-state index contributed by atoms with van der Waals surface area (Å²) in [6.07, 6.45) is 14.0. The van der Waals surface area contributed by atoms with E-state index in [-0.39, 0.29) is 0 Å². The van der Waals surface area contributed by atoms with Gasteiger partial charge < -0.3 is 5.32 Å². The van der Waals surface area contributed by atoms with E-state index in [1.165, 1.54) is 11.8 Å². The van der Waals surface area contributed by atoms with E-state index >= 15 is 0 Å². The molecule has 80 valence electrons. The molecule has 0 radical (unpaired) electrons.